The maximum Gasteiger partial charge on any atom is 0.407 e. The van der Waals surface area contributed by atoms with Gasteiger partial charge in [0.1, 0.15) is 11.6 Å². The fourth-order valence-electron chi connectivity index (χ4n) is 4.49. The normalized spacial score (nSPS) is 19.9. The van der Waals surface area contributed by atoms with Gasteiger partial charge in [0.15, 0.2) is 9.84 Å². The van der Waals surface area contributed by atoms with Crippen molar-refractivity contribution in [1.29, 1.82) is 0 Å². The number of sulfone groups is 1. The molecule has 0 radical (unpaired) electrons. The number of carbonyl (C=O) groups excluding carboxylic acids is 2. The number of aliphatic hydroxyl groups is 1. The highest BCUT2D eigenvalue weighted by Crippen LogP contribution is 2.25. The first-order valence-corrected chi connectivity index (χ1v) is 14.6. The molecule has 2 aromatic carbocycles. The summed E-state index contributed by atoms with van der Waals surface area (Å²) in [7, 11) is -3.33. The average molecular weight is 546 g/mol. The Balaban J connectivity index is 1.83. The van der Waals surface area contributed by atoms with Crippen LogP contribution in [0.15, 0.2) is 59.5 Å². The molecule has 2 aromatic rings. The van der Waals surface area contributed by atoms with Gasteiger partial charge in [-0.3, -0.25) is 10.1 Å². The van der Waals surface area contributed by atoms with Gasteiger partial charge < -0.3 is 20.1 Å². The van der Waals surface area contributed by atoms with Crippen LogP contribution >= 0.6 is 0 Å². The monoisotopic (exact) mass is 545 g/mol. The van der Waals surface area contributed by atoms with Crippen molar-refractivity contribution >= 4 is 21.8 Å². The van der Waals surface area contributed by atoms with Crippen molar-refractivity contribution in [2.75, 3.05) is 6.26 Å². The average Bonchev–Trinajstić information content (AvgIpc) is 3.13. The minimum Gasteiger partial charge on any atom is -0.444 e. The highest BCUT2D eigenvalue weighted by molar-refractivity contribution is 7.90. The summed E-state index contributed by atoms with van der Waals surface area (Å²) in [6.45, 7) is 9.45. The number of nitrogens with one attached hydrogen (secondary N) is 2. The fraction of sp³-hybridized carbons (Fsp3) is 0.500. The lowest BCUT2D eigenvalue weighted by Crippen LogP contribution is -2.55. The highest BCUT2D eigenvalue weighted by atomic mass is 32.2. The zero-order valence-corrected chi connectivity index (χ0v) is 23.7. The molecule has 38 heavy (non-hydrogen) atoms. The zero-order valence-electron chi connectivity index (χ0n) is 22.8. The van der Waals surface area contributed by atoms with E-state index in [4.69, 9.17) is 4.74 Å². The number of ether oxygens (including phenoxy) is 1. The molecule has 3 N–H and O–H groups in total. The standard InChI is InChI=1S/C28H39N3O6S/c1-18(2)25-30-23(26(33)31(25)17-20-12-14-21(15-13-20)38(6,35)36)24(32)22(16-19-10-8-7-9-11-19)29-27(34)37-28(3,4)5/h7-15,18,22-25,30,32H,16-17H2,1-6H3,(H,29,34)/t22-,23?,24+,25?/m0/s1. The highest BCUT2D eigenvalue weighted by Gasteiger charge is 2.46. The molecule has 0 saturated carbocycles. The third kappa shape index (κ3) is 7.78. The SMILES string of the molecule is CC(C)C1NC([C@H](O)[C@H](Cc2ccccc2)NC(=O)OC(C)(C)C)C(=O)N1Cc1ccc(S(C)(=O)=O)cc1. The van der Waals surface area contributed by atoms with Crippen LogP contribution in [0.4, 0.5) is 4.79 Å². The topological polar surface area (TPSA) is 125 Å². The van der Waals surface area contributed by atoms with E-state index in [1.807, 2.05) is 44.2 Å². The quantitative estimate of drug-likeness (QED) is 0.443. The minimum absolute atomic E-state index is 0.0258. The number of hydrogen-bond acceptors (Lipinski definition) is 7. The van der Waals surface area contributed by atoms with Gasteiger partial charge in [0.05, 0.1) is 23.2 Å². The van der Waals surface area contributed by atoms with E-state index >= 15 is 0 Å². The number of rotatable bonds is 9. The summed E-state index contributed by atoms with van der Waals surface area (Å²) in [5.41, 5.74) is 0.933. The lowest BCUT2D eigenvalue weighted by Gasteiger charge is -2.29. The number of amides is 2. The van der Waals surface area contributed by atoms with Gasteiger partial charge in [0.2, 0.25) is 5.91 Å². The summed E-state index contributed by atoms with van der Waals surface area (Å²) >= 11 is 0. The molecule has 3 rings (SSSR count). The Kier molecular flexibility index (Phi) is 9.22. The Hall–Kier alpha value is -2.95. The molecule has 1 saturated heterocycles. The van der Waals surface area contributed by atoms with Crippen molar-refractivity contribution in [3.05, 3.63) is 65.7 Å². The molecule has 1 aliphatic rings. The summed E-state index contributed by atoms with van der Waals surface area (Å²) in [6, 6.07) is 14.1. The molecule has 1 heterocycles. The van der Waals surface area contributed by atoms with Crippen LogP contribution in [-0.4, -0.2) is 66.6 Å². The number of hydrogen-bond donors (Lipinski definition) is 3. The zero-order chi connectivity index (χ0) is 28.3. The van der Waals surface area contributed by atoms with E-state index in [-0.39, 0.29) is 29.4 Å². The molecule has 2 amide bonds. The van der Waals surface area contributed by atoms with Crippen molar-refractivity contribution in [3.63, 3.8) is 0 Å². The lowest BCUT2D eigenvalue weighted by molar-refractivity contribution is -0.133. The Labute approximate surface area is 225 Å². The molecule has 4 atom stereocenters. The maximum absolute atomic E-state index is 13.6. The van der Waals surface area contributed by atoms with Crippen molar-refractivity contribution in [1.82, 2.24) is 15.5 Å². The number of carbonyl (C=O) groups is 2. The van der Waals surface area contributed by atoms with Crippen molar-refractivity contribution < 1.29 is 27.9 Å². The van der Waals surface area contributed by atoms with Gasteiger partial charge in [-0.2, -0.15) is 0 Å². The second kappa shape index (κ2) is 11.8. The summed E-state index contributed by atoms with van der Waals surface area (Å²) in [5, 5.41) is 17.5. The summed E-state index contributed by atoms with van der Waals surface area (Å²) in [5.74, 6) is -0.273. The van der Waals surface area contributed by atoms with Crippen LogP contribution in [0, 0.1) is 5.92 Å². The van der Waals surface area contributed by atoms with Gasteiger partial charge in [-0.15, -0.1) is 0 Å². The van der Waals surface area contributed by atoms with Crippen molar-refractivity contribution in [2.24, 2.45) is 5.92 Å². The maximum atomic E-state index is 13.6. The van der Waals surface area contributed by atoms with E-state index in [2.05, 4.69) is 10.6 Å². The van der Waals surface area contributed by atoms with Crippen molar-refractivity contribution in [2.45, 2.75) is 82.4 Å². The van der Waals surface area contributed by atoms with Crippen LogP contribution in [0.2, 0.25) is 0 Å². The van der Waals surface area contributed by atoms with E-state index in [9.17, 15) is 23.1 Å². The largest absolute Gasteiger partial charge is 0.444 e. The summed E-state index contributed by atoms with van der Waals surface area (Å²) in [4.78, 5) is 28.1. The first kappa shape index (κ1) is 29.6. The van der Waals surface area contributed by atoms with E-state index in [0.29, 0.717) is 6.42 Å². The van der Waals surface area contributed by atoms with E-state index in [1.54, 1.807) is 37.8 Å². The number of nitrogens with zero attached hydrogens (tertiary/aromatic N) is 1. The second-order valence-electron chi connectivity index (χ2n) is 11.1. The number of benzene rings is 2. The molecule has 0 spiro atoms. The van der Waals surface area contributed by atoms with Gasteiger partial charge >= 0.3 is 6.09 Å². The molecule has 9 nitrogen and oxygen atoms in total. The number of alkyl carbamates (subject to hydrolysis) is 1. The van der Waals surface area contributed by atoms with Crippen LogP contribution in [-0.2, 0) is 32.3 Å². The minimum atomic E-state index is -3.33. The van der Waals surface area contributed by atoms with Gasteiger partial charge in [-0.05, 0) is 56.4 Å². The van der Waals surface area contributed by atoms with Gasteiger partial charge in [0, 0.05) is 12.8 Å². The molecule has 1 fully saturated rings. The fourth-order valence-corrected chi connectivity index (χ4v) is 5.12. The summed E-state index contributed by atoms with van der Waals surface area (Å²) < 4.78 is 29.0. The molecule has 2 unspecified atom stereocenters. The molecule has 0 bridgehead atoms. The van der Waals surface area contributed by atoms with Crippen LogP contribution in [0.5, 0.6) is 0 Å². The molecule has 0 aromatic heterocycles. The third-order valence-corrected chi connectivity index (χ3v) is 7.45. The third-order valence-electron chi connectivity index (χ3n) is 6.33. The van der Waals surface area contributed by atoms with E-state index in [0.717, 1.165) is 17.4 Å². The molecular weight excluding hydrogens is 506 g/mol. The van der Waals surface area contributed by atoms with Crippen LogP contribution in [0.25, 0.3) is 0 Å². The first-order chi connectivity index (χ1) is 17.7. The van der Waals surface area contributed by atoms with E-state index in [1.165, 1.54) is 12.1 Å². The van der Waals surface area contributed by atoms with E-state index < -0.39 is 39.7 Å². The molecule has 1 aliphatic heterocycles. The molecule has 10 heteroatoms. The second-order valence-corrected chi connectivity index (χ2v) is 13.2. The van der Waals surface area contributed by atoms with Gasteiger partial charge in [-0.1, -0.05) is 56.3 Å². The predicted molar refractivity (Wildman–Crippen MR) is 145 cm³/mol. The smallest absolute Gasteiger partial charge is 0.407 e. The molecule has 0 aliphatic carbocycles. The predicted octanol–water partition coefficient (Wildman–Crippen LogP) is 2.87. The Morgan fingerprint density at radius 3 is 2.21 bits per heavy atom. The Bertz CT molecular complexity index is 1210. The summed E-state index contributed by atoms with van der Waals surface area (Å²) in [6.07, 6.45) is -0.837. The molecule has 208 valence electrons. The first-order valence-electron chi connectivity index (χ1n) is 12.7. The lowest BCUT2D eigenvalue weighted by atomic mass is 9.96. The number of aliphatic hydroxyl groups excluding tert-OH is 1. The van der Waals surface area contributed by atoms with Crippen LogP contribution < -0.4 is 10.6 Å². The van der Waals surface area contributed by atoms with Gasteiger partial charge in [-0.25, -0.2) is 13.2 Å². The Morgan fingerprint density at radius 2 is 1.68 bits per heavy atom. The molecular formula is C28H39N3O6S. The van der Waals surface area contributed by atoms with Crippen LogP contribution in [0.3, 0.4) is 0 Å². The van der Waals surface area contributed by atoms with Crippen LogP contribution in [0.1, 0.15) is 45.7 Å². The van der Waals surface area contributed by atoms with Gasteiger partial charge in [0.25, 0.3) is 0 Å². The Morgan fingerprint density at radius 1 is 1.08 bits per heavy atom. The van der Waals surface area contributed by atoms with Crippen molar-refractivity contribution in [3.8, 4) is 0 Å².